The topological polar surface area (TPSA) is 25.6 Å². The molecule has 1 aromatic heterocycles. The van der Waals surface area contributed by atoms with E-state index in [-0.39, 0.29) is 0 Å². The van der Waals surface area contributed by atoms with Gasteiger partial charge in [0.2, 0.25) is 0 Å². The van der Waals surface area contributed by atoms with Crippen LogP contribution in [0.4, 0.5) is 17.1 Å². The predicted octanol–water partition coefficient (Wildman–Crippen LogP) is 11.5. The van der Waals surface area contributed by atoms with Gasteiger partial charge in [0.05, 0.1) is 5.41 Å². The van der Waals surface area contributed by atoms with Crippen LogP contribution in [0.3, 0.4) is 0 Å². The number of benzene rings is 7. The zero-order valence-electron chi connectivity index (χ0n) is 24.9. The van der Waals surface area contributed by atoms with Crippen LogP contribution < -0.4 is 9.64 Å². The molecule has 0 N–H and O–H groups in total. The van der Waals surface area contributed by atoms with Crippen molar-refractivity contribution in [2.45, 2.75) is 5.41 Å². The first-order valence-corrected chi connectivity index (χ1v) is 15.7. The highest BCUT2D eigenvalue weighted by atomic mass is 16.5. The summed E-state index contributed by atoms with van der Waals surface area (Å²) in [6.45, 7) is 0. The number of para-hydroxylation sites is 4. The molecule has 46 heavy (non-hydrogen) atoms. The van der Waals surface area contributed by atoms with Crippen molar-refractivity contribution < 1.29 is 9.15 Å². The molecule has 0 amide bonds. The number of hydrogen-bond donors (Lipinski definition) is 0. The Bertz CT molecular complexity index is 2430. The summed E-state index contributed by atoms with van der Waals surface area (Å²) in [5, 5.41) is 2.22. The lowest BCUT2D eigenvalue weighted by atomic mass is 9.66. The van der Waals surface area contributed by atoms with E-state index in [2.05, 4.69) is 157 Å². The van der Waals surface area contributed by atoms with Crippen molar-refractivity contribution in [2.75, 3.05) is 4.90 Å². The third kappa shape index (κ3) is 3.37. The minimum Gasteiger partial charge on any atom is -0.457 e. The van der Waals surface area contributed by atoms with E-state index < -0.39 is 5.41 Å². The Kier molecular flexibility index (Phi) is 5.20. The minimum atomic E-state index is -0.527. The van der Waals surface area contributed by atoms with Gasteiger partial charge in [-0.2, -0.15) is 0 Å². The minimum absolute atomic E-state index is 0.527. The first-order valence-electron chi connectivity index (χ1n) is 15.7. The number of anilines is 3. The Morgan fingerprint density at radius 1 is 0.391 bits per heavy atom. The summed E-state index contributed by atoms with van der Waals surface area (Å²) in [6, 6.07) is 58.2. The van der Waals surface area contributed by atoms with Crippen molar-refractivity contribution >= 4 is 39.0 Å². The molecular weight excluding hydrogens is 562 g/mol. The lowest BCUT2D eigenvalue weighted by molar-refractivity contribution is 0.436. The summed E-state index contributed by atoms with van der Waals surface area (Å²) in [4.78, 5) is 2.36. The normalized spacial score (nSPS) is 13.6. The van der Waals surface area contributed by atoms with Crippen LogP contribution in [0.25, 0.3) is 33.1 Å². The highest BCUT2D eigenvalue weighted by Gasteiger charge is 2.51. The molecule has 0 saturated heterocycles. The van der Waals surface area contributed by atoms with Gasteiger partial charge >= 0.3 is 0 Å². The molecule has 0 fully saturated rings. The summed E-state index contributed by atoms with van der Waals surface area (Å²) < 4.78 is 12.8. The molecule has 1 aliphatic heterocycles. The maximum absolute atomic E-state index is 6.56. The first-order chi connectivity index (χ1) is 22.8. The van der Waals surface area contributed by atoms with Gasteiger partial charge in [-0.1, -0.05) is 103 Å². The molecule has 1 aliphatic carbocycles. The fourth-order valence-electron chi connectivity index (χ4n) is 7.86. The molecule has 1 spiro atoms. The van der Waals surface area contributed by atoms with Crippen molar-refractivity contribution in [3.63, 3.8) is 0 Å². The van der Waals surface area contributed by atoms with Gasteiger partial charge in [-0.3, -0.25) is 0 Å². The smallest absolute Gasteiger partial charge is 0.135 e. The van der Waals surface area contributed by atoms with Crippen LogP contribution in [0.15, 0.2) is 168 Å². The number of hydrogen-bond acceptors (Lipinski definition) is 3. The van der Waals surface area contributed by atoms with Crippen LogP contribution in [-0.2, 0) is 5.41 Å². The first kappa shape index (κ1) is 25.3. The number of nitrogens with zero attached hydrogens (tertiary/aromatic N) is 1. The number of furan rings is 1. The zero-order chi connectivity index (χ0) is 30.2. The summed E-state index contributed by atoms with van der Waals surface area (Å²) >= 11 is 0. The van der Waals surface area contributed by atoms with E-state index in [0.717, 1.165) is 61.6 Å². The van der Waals surface area contributed by atoms with Crippen molar-refractivity contribution in [2.24, 2.45) is 0 Å². The molecule has 0 bridgehead atoms. The highest BCUT2D eigenvalue weighted by molar-refractivity contribution is 6.06. The van der Waals surface area contributed by atoms with Gasteiger partial charge in [0.15, 0.2) is 0 Å². The zero-order valence-corrected chi connectivity index (χ0v) is 24.9. The van der Waals surface area contributed by atoms with E-state index in [9.17, 15) is 0 Å². The van der Waals surface area contributed by atoms with Gasteiger partial charge in [-0.25, -0.2) is 0 Å². The van der Waals surface area contributed by atoms with E-state index in [1.807, 2.05) is 12.1 Å². The van der Waals surface area contributed by atoms with Gasteiger partial charge in [0.25, 0.3) is 0 Å². The van der Waals surface area contributed by atoms with Gasteiger partial charge in [-0.05, 0) is 82.9 Å². The molecule has 2 aliphatic rings. The Morgan fingerprint density at radius 3 is 1.78 bits per heavy atom. The third-order valence-electron chi connectivity index (χ3n) is 9.72. The molecule has 216 valence electrons. The molecule has 8 aromatic rings. The molecule has 10 rings (SSSR count). The summed E-state index contributed by atoms with van der Waals surface area (Å²) in [6.07, 6.45) is 0. The Hall–Kier alpha value is -6.06. The van der Waals surface area contributed by atoms with Crippen molar-refractivity contribution in [1.82, 2.24) is 0 Å². The van der Waals surface area contributed by atoms with E-state index in [4.69, 9.17) is 9.15 Å². The molecule has 3 heteroatoms. The second-order valence-electron chi connectivity index (χ2n) is 12.1. The average molecular weight is 590 g/mol. The molecule has 2 heterocycles. The lowest BCUT2D eigenvalue weighted by Crippen LogP contribution is -2.32. The second-order valence-corrected chi connectivity index (χ2v) is 12.1. The third-order valence-corrected chi connectivity index (χ3v) is 9.72. The van der Waals surface area contributed by atoms with Gasteiger partial charge in [0.1, 0.15) is 22.7 Å². The quantitative estimate of drug-likeness (QED) is 0.205. The predicted molar refractivity (Wildman–Crippen MR) is 186 cm³/mol. The molecule has 7 aromatic carbocycles. The van der Waals surface area contributed by atoms with Gasteiger partial charge in [-0.15, -0.1) is 0 Å². The molecule has 0 radical (unpaired) electrons. The summed E-state index contributed by atoms with van der Waals surface area (Å²) in [5.41, 5.74) is 11.9. The molecule has 0 saturated carbocycles. The SMILES string of the molecule is c1ccc(N(c2ccc3c(c2)C2(c4ccccc4Oc4ccccc42)c2ccccc2-3)c2ccc3oc4ccccc4c3c2)cc1. The van der Waals surface area contributed by atoms with E-state index in [1.165, 1.54) is 22.3 Å². The Balaban J connectivity index is 1.27. The molecule has 3 nitrogen and oxygen atoms in total. The maximum atomic E-state index is 6.56. The van der Waals surface area contributed by atoms with E-state index in [0.29, 0.717) is 0 Å². The molecule has 0 unspecified atom stereocenters. The summed E-state index contributed by atoms with van der Waals surface area (Å²) in [7, 11) is 0. The summed E-state index contributed by atoms with van der Waals surface area (Å²) in [5.74, 6) is 1.79. The number of rotatable bonds is 3. The lowest BCUT2D eigenvalue weighted by Gasteiger charge is -2.39. The van der Waals surface area contributed by atoms with Crippen molar-refractivity contribution in [1.29, 1.82) is 0 Å². The van der Waals surface area contributed by atoms with E-state index >= 15 is 0 Å². The van der Waals surface area contributed by atoms with Crippen LogP contribution in [-0.4, -0.2) is 0 Å². The average Bonchev–Trinajstić information content (AvgIpc) is 3.63. The highest BCUT2D eigenvalue weighted by Crippen LogP contribution is 2.62. The van der Waals surface area contributed by atoms with Crippen LogP contribution in [0.1, 0.15) is 22.3 Å². The van der Waals surface area contributed by atoms with Crippen LogP contribution >= 0.6 is 0 Å². The van der Waals surface area contributed by atoms with Gasteiger partial charge < -0.3 is 14.1 Å². The number of fused-ring (bicyclic) bond motifs is 12. The fraction of sp³-hybridized carbons (Fsp3) is 0.0233. The van der Waals surface area contributed by atoms with Gasteiger partial charge in [0, 0.05) is 39.0 Å². The second kappa shape index (κ2) is 9.47. The van der Waals surface area contributed by atoms with Crippen LogP contribution in [0.2, 0.25) is 0 Å². The molecule has 0 atom stereocenters. The Morgan fingerprint density at radius 2 is 0.978 bits per heavy atom. The monoisotopic (exact) mass is 589 g/mol. The fourth-order valence-corrected chi connectivity index (χ4v) is 7.86. The standard InChI is InChI=1S/C43H27NO2/c1-2-12-28(13-3-1)44(29-23-25-40-34(26-29)33-15-5-9-19-39(33)45-40)30-22-24-32-31-14-4-6-16-35(31)43(38(32)27-30)36-17-7-10-20-41(36)46-42-21-11-8-18-37(42)43/h1-27H. The number of ether oxygens (including phenoxy) is 1. The van der Waals surface area contributed by atoms with E-state index in [1.54, 1.807) is 0 Å². The van der Waals surface area contributed by atoms with Crippen LogP contribution in [0, 0.1) is 0 Å². The van der Waals surface area contributed by atoms with Crippen molar-refractivity contribution in [3.05, 3.63) is 186 Å². The molecular formula is C43H27NO2. The van der Waals surface area contributed by atoms with Crippen LogP contribution in [0.5, 0.6) is 11.5 Å². The Labute approximate surface area is 266 Å². The largest absolute Gasteiger partial charge is 0.457 e. The van der Waals surface area contributed by atoms with Crippen molar-refractivity contribution in [3.8, 4) is 22.6 Å². The maximum Gasteiger partial charge on any atom is 0.135 e.